The third-order valence-corrected chi connectivity index (χ3v) is 3.29. The van der Waals surface area contributed by atoms with Gasteiger partial charge in [-0.15, -0.1) is 0 Å². The highest BCUT2D eigenvalue weighted by molar-refractivity contribution is 5.89. The fourth-order valence-corrected chi connectivity index (χ4v) is 2.24. The van der Waals surface area contributed by atoms with Gasteiger partial charge in [-0.1, -0.05) is 13.0 Å². The lowest BCUT2D eigenvalue weighted by Crippen LogP contribution is -2.35. The Hall–Kier alpha value is -2.56. The summed E-state index contributed by atoms with van der Waals surface area (Å²) in [6.45, 7) is 5.86. The molecule has 0 saturated heterocycles. The number of aromatic nitrogens is 1. The van der Waals surface area contributed by atoms with Crippen molar-refractivity contribution in [3.05, 3.63) is 54.4 Å². The number of carbonyl (C=O) groups is 1. The number of amides is 2. The van der Waals surface area contributed by atoms with Crippen molar-refractivity contribution in [2.45, 2.75) is 26.8 Å². The average Bonchev–Trinajstić information content (AvgIpc) is 2.57. The van der Waals surface area contributed by atoms with Crippen molar-refractivity contribution in [1.29, 1.82) is 0 Å². The molecule has 23 heavy (non-hydrogen) atoms. The van der Waals surface area contributed by atoms with E-state index in [0.29, 0.717) is 19.7 Å². The maximum Gasteiger partial charge on any atom is 0.322 e. The second-order valence-electron chi connectivity index (χ2n) is 5.17. The second-order valence-corrected chi connectivity index (χ2v) is 5.17. The zero-order chi connectivity index (χ0) is 16.5. The minimum Gasteiger partial charge on any atom is -0.494 e. The van der Waals surface area contributed by atoms with Crippen LogP contribution in [0.4, 0.5) is 10.5 Å². The standard InChI is InChI=1S/C18H23N3O2/c1-3-12-21(14-15-6-5-11-19-13-15)18(22)20-16-7-9-17(10-8-16)23-4-2/h5-11,13H,3-4,12,14H2,1-2H3,(H,20,22). The number of hydrogen-bond donors (Lipinski definition) is 1. The van der Waals surface area contributed by atoms with Crippen molar-refractivity contribution < 1.29 is 9.53 Å². The predicted octanol–water partition coefficient (Wildman–Crippen LogP) is 3.92. The molecule has 1 N–H and O–H groups in total. The van der Waals surface area contributed by atoms with Crippen LogP contribution in [0.3, 0.4) is 0 Å². The molecular weight excluding hydrogens is 290 g/mol. The van der Waals surface area contributed by atoms with Crippen LogP contribution in [0.2, 0.25) is 0 Å². The summed E-state index contributed by atoms with van der Waals surface area (Å²) in [5, 5.41) is 2.93. The van der Waals surface area contributed by atoms with Gasteiger partial charge in [0.2, 0.25) is 0 Å². The van der Waals surface area contributed by atoms with E-state index in [9.17, 15) is 4.79 Å². The van der Waals surface area contributed by atoms with Crippen molar-refractivity contribution in [3.8, 4) is 5.75 Å². The summed E-state index contributed by atoms with van der Waals surface area (Å²) < 4.78 is 5.40. The van der Waals surface area contributed by atoms with Gasteiger partial charge in [0, 0.05) is 31.2 Å². The summed E-state index contributed by atoms with van der Waals surface area (Å²) >= 11 is 0. The molecule has 1 aromatic carbocycles. The van der Waals surface area contributed by atoms with Gasteiger partial charge in [0.05, 0.1) is 6.61 Å². The van der Waals surface area contributed by atoms with Gasteiger partial charge in [-0.25, -0.2) is 4.79 Å². The second kappa shape index (κ2) is 8.78. The highest BCUT2D eigenvalue weighted by Gasteiger charge is 2.13. The smallest absolute Gasteiger partial charge is 0.322 e. The molecule has 122 valence electrons. The quantitative estimate of drug-likeness (QED) is 0.843. The monoisotopic (exact) mass is 313 g/mol. The molecule has 0 radical (unpaired) electrons. The molecular formula is C18H23N3O2. The van der Waals surface area contributed by atoms with Crippen LogP contribution >= 0.6 is 0 Å². The van der Waals surface area contributed by atoms with E-state index < -0.39 is 0 Å². The number of nitrogens with zero attached hydrogens (tertiary/aromatic N) is 2. The van der Waals surface area contributed by atoms with Crippen LogP contribution in [-0.2, 0) is 6.54 Å². The van der Waals surface area contributed by atoms with Crippen LogP contribution in [0.25, 0.3) is 0 Å². The highest BCUT2D eigenvalue weighted by atomic mass is 16.5. The fraction of sp³-hybridized carbons (Fsp3) is 0.333. The normalized spacial score (nSPS) is 10.2. The minimum absolute atomic E-state index is 0.111. The van der Waals surface area contributed by atoms with Gasteiger partial charge in [-0.05, 0) is 49.2 Å². The number of ether oxygens (including phenoxy) is 1. The van der Waals surface area contributed by atoms with Crippen LogP contribution in [0.1, 0.15) is 25.8 Å². The first kappa shape index (κ1) is 16.8. The summed E-state index contributed by atoms with van der Waals surface area (Å²) in [4.78, 5) is 18.4. The number of nitrogens with one attached hydrogen (secondary N) is 1. The summed E-state index contributed by atoms with van der Waals surface area (Å²) in [6, 6.07) is 11.1. The molecule has 0 aliphatic heterocycles. The van der Waals surface area contributed by atoms with E-state index >= 15 is 0 Å². The Kier molecular flexibility index (Phi) is 6.41. The molecule has 2 aromatic rings. The van der Waals surface area contributed by atoms with Gasteiger partial charge < -0.3 is 15.0 Å². The third kappa shape index (κ3) is 5.29. The number of rotatable bonds is 7. The van der Waals surface area contributed by atoms with Crippen molar-refractivity contribution >= 4 is 11.7 Å². The maximum atomic E-state index is 12.5. The Bertz CT molecular complexity index is 599. The summed E-state index contributed by atoms with van der Waals surface area (Å²) in [6.07, 6.45) is 4.41. The topological polar surface area (TPSA) is 54.5 Å². The lowest BCUT2D eigenvalue weighted by atomic mass is 10.2. The van der Waals surface area contributed by atoms with E-state index in [1.807, 2.05) is 43.3 Å². The number of anilines is 1. The van der Waals surface area contributed by atoms with Crippen molar-refractivity contribution in [1.82, 2.24) is 9.88 Å². The van der Waals surface area contributed by atoms with E-state index in [4.69, 9.17) is 4.74 Å². The number of hydrogen-bond acceptors (Lipinski definition) is 3. The summed E-state index contributed by atoms with van der Waals surface area (Å²) in [5.74, 6) is 0.797. The van der Waals surface area contributed by atoms with Crippen LogP contribution in [0, 0.1) is 0 Å². The van der Waals surface area contributed by atoms with E-state index in [1.54, 1.807) is 17.3 Å². The van der Waals surface area contributed by atoms with Crippen LogP contribution in [0.5, 0.6) is 5.75 Å². The highest BCUT2D eigenvalue weighted by Crippen LogP contribution is 2.16. The molecule has 2 rings (SSSR count). The molecule has 0 aliphatic rings. The number of pyridine rings is 1. The third-order valence-electron chi connectivity index (χ3n) is 3.29. The molecule has 0 atom stereocenters. The van der Waals surface area contributed by atoms with Crippen molar-refractivity contribution in [2.75, 3.05) is 18.5 Å². The van der Waals surface area contributed by atoms with Crippen molar-refractivity contribution in [3.63, 3.8) is 0 Å². The molecule has 0 saturated carbocycles. The van der Waals surface area contributed by atoms with E-state index in [0.717, 1.165) is 23.4 Å². The van der Waals surface area contributed by atoms with Crippen LogP contribution < -0.4 is 10.1 Å². The zero-order valence-corrected chi connectivity index (χ0v) is 13.7. The zero-order valence-electron chi connectivity index (χ0n) is 13.7. The first-order chi connectivity index (χ1) is 11.2. The largest absolute Gasteiger partial charge is 0.494 e. The molecule has 0 aliphatic carbocycles. The van der Waals surface area contributed by atoms with E-state index in [1.165, 1.54) is 0 Å². The Labute approximate surface area is 137 Å². The number of urea groups is 1. The molecule has 5 nitrogen and oxygen atoms in total. The summed E-state index contributed by atoms with van der Waals surface area (Å²) in [5.41, 5.74) is 1.77. The lowest BCUT2D eigenvalue weighted by Gasteiger charge is -2.22. The lowest BCUT2D eigenvalue weighted by molar-refractivity contribution is 0.209. The van der Waals surface area contributed by atoms with Gasteiger partial charge in [0.25, 0.3) is 0 Å². The number of carbonyl (C=O) groups excluding carboxylic acids is 1. The van der Waals surface area contributed by atoms with Crippen LogP contribution in [-0.4, -0.2) is 29.1 Å². The van der Waals surface area contributed by atoms with Crippen molar-refractivity contribution in [2.24, 2.45) is 0 Å². The molecule has 1 aromatic heterocycles. The Morgan fingerprint density at radius 1 is 1.22 bits per heavy atom. The Morgan fingerprint density at radius 3 is 2.61 bits per heavy atom. The van der Waals surface area contributed by atoms with E-state index in [-0.39, 0.29) is 6.03 Å². The van der Waals surface area contributed by atoms with E-state index in [2.05, 4.69) is 17.2 Å². The molecule has 0 spiro atoms. The van der Waals surface area contributed by atoms with Gasteiger partial charge in [-0.3, -0.25) is 4.98 Å². The Morgan fingerprint density at radius 2 is 2.00 bits per heavy atom. The number of benzene rings is 1. The molecule has 0 unspecified atom stereocenters. The molecule has 1 heterocycles. The molecule has 2 amide bonds. The maximum absolute atomic E-state index is 12.5. The predicted molar refractivity (Wildman–Crippen MR) is 91.6 cm³/mol. The minimum atomic E-state index is -0.111. The SMILES string of the molecule is CCCN(Cc1cccnc1)C(=O)Nc1ccc(OCC)cc1. The fourth-order valence-electron chi connectivity index (χ4n) is 2.24. The first-order valence-electron chi connectivity index (χ1n) is 7.90. The Balaban J connectivity index is 1.99. The summed E-state index contributed by atoms with van der Waals surface area (Å²) in [7, 11) is 0. The van der Waals surface area contributed by atoms with Gasteiger partial charge in [0.15, 0.2) is 0 Å². The molecule has 5 heteroatoms. The van der Waals surface area contributed by atoms with Gasteiger partial charge >= 0.3 is 6.03 Å². The van der Waals surface area contributed by atoms with Gasteiger partial charge in [-0.2, -0.15) is 0 Å². The molecule has 0 fully saturated rings. The average molecular weight is 313 g/mol. The first-order valence-corrected chi connectivity index (χ1v) is 7.90. The molecule has 0 bridgehead atoms. The van der Waals surface area contributed by atoms with Gasteiger partial charge in [0.1, 0.15) is 5.75 Å². The van der Waals surface area contributed by atoms with Crippen LogP contribution in [0.15, 0.2) is 48.8 Å².